The molecular formula is C12H14N2S. The largest absolute Gasteiger partial charge is 0.320 e. The van der Waals surface area contributed by atoms with E-state index in [0.717, 1.165) is 11.1 Å². The molecule has 0 spiro atoms. The lowest BCUT2D eigenvalue weighted by molar-refractivity contribution is 0.861. The normalized spacial score (nSPS) is 12.7. The van der Waals surface area contributed by atoms with E-state index >= 15 is 0 Å². The zero-order valence-electron chi connectivity index (χ0n) is 8.90. The molecule has 0 aliphatic carbocycles. The average Bonchev–Trinajstić information content (AvgIpc) is 2.65. The quantitative estimate of drug-likeness (QED) is 0.841. The van der Waals surface area contributed by atoms with Gasteiger partial charge in [0.15, 0.2) is 0 Å². The monoisotopic (exact) mass is 218 g/mol. The van der Waals surface area contributed by atoms with Crippen LogP contribution in [0, 0.1) is 13.8 Å². The lowest BCUT2D eigenvalue weighted by atomic mass is 9.99. The first kappa shape index (κ1) is 10.3. The highest BCUT2D eigenvalue weighted by molar-refractivity contribution is 7.10. The third kappa shape index (κ3) is 2.08. The SMILES string of the molecule is Cc1cc(C(N)c2ccncc2C)cs1. The second-order valence-electron chi connectivity index (χ2n) is 3.70. The molecule has 0 saturated heterocycles. The van der Waals surface area contributed by atoms with Crippen molar-refractivity contribution in [2.24, 2.45) is 5.73 Å². The Balaban J connectivity index is 2.36. The van der Waals surface area contributed by atoms with Gasteiger partial charge >= 0.3 is 0 Å². The van der Waals surface area contributed by atoms with Crippen molar-refractivity contribution in [3.05, 3.63) is 51.5 Å². The van der Waals surface area contributed by atoms with E-state index in [1.807, 2.05) is 19.2 Å². The smallest absolute Gasteiger partial charge is 0.0563 e. The average molecular weight is 218 g/mol. The van der Waals surface area contributed by atoms with Crippen LogP contribution in [0.4, 0.5) is 0 Å². The van der Waals surface area contributed by atoms with Gasteiger partial charge in [0.25, 0.3) is 0 Å². The Morgan fingerprint density at radius 1 is 1.40 bits per heavy atom. The van der Waals surface area contributed by atoms with Gasteiger partial charge in [0, 0.05) is 17.3 Å². The van der Waals surface area contributed by atoms with Gasteiger partial charge in [0.05, 0.1) is 6.04 Å². The highest BCUT2D eigenvalue weighted by Crippen LogP contribution is 2.25. The molecule has 0 bridgehead atoms. The molecule has 0 aromatic carbocycles. The molecule has 0 aliphatic rings. The first-order chi connectivity index (χ1) is 7.18. The van der Waals surface area contributed by atoms with Crippen molar-refractivity contribution in [3.8, 4) is 0 Å². The van der Waals surface area contributed by atoms with Gasteiger partial charge in [0.2, 0.25) is 0 Å². The van der Waals surface area contributed by atoms with Crippen molar-refractivity contribution in [3.63, 3.8) is 0 Å². The Labute approximate surface area is 93.8 Å². The number of aromatic nitrogens is 1. The van der Waals surface area contributed by atoms with Crippen LogP contribution < -0.4 is 5.73 Å². The van der Waals surface area contributed by atoms with Gasteiger partial charge in [0.1, 0.15) is 0 Å². The van der Waals surface area contributed by atoms with E-state index in [1.54, 1.807) is 17.5 Å². The maximum Gasteiger partial charge on any atom is 0.0563 e. The number of nitrogens with zero attached hydrogens (tertiary/aromatic N) is 1. The van der Waals surface area contributed by atoms with Crippen LogP contribution in [0.1, 0.15) is 27.6 Å². The molecule has 2 heterocycles. The van der Waals surface area contributed by atoms with E-state index in [9.17, 15) is 0 Å². The molecule has 2 aromatic rings. The first-order valence-corrected chi connectivity index (χ1v) is 5.77. The van der Waals surface area contributed by atoms with Gasteiger partial charge in [-0.3, -0.25) is 4.98 Å². The lowest BCUT2D eigenvalue weighted by Gasteiger charge is -2.12. The molecule has 15 heavy (non-hydrogen) atoms. The summed E-state index contributed by atoms with van der Waals surface area (Å²) < 4.78 is 0. The molecule has 0 aliphatic heterocycles. The number of rotatable bonds is 2. The van der Waals surface area contributed by atoms with Gasteiger partial charge in [-0.15, -0.1) is 11.3 Å². The van der Waals surface area contributed by atoms with Crippen LogP contribution in [-0.2, 0) is 0 Å². The molecule has 0 radical (unpaired) electrons. The van der Waals surface area contributed by atoms with E-state index in [0.29, 0.717) is 0 Å². The highest BCUT2D eigenvalue weighted by Gasteiger charge is 2.12. The topological polar surface area (TPSA) is 38.9 Å². The van der Waals surface area contributed by atoms with E-state index in [1.165, 1.54) is 10.4 Å². The van der Waals surface area contributed by atoms with E-state index in [-0.39, 0.29) is 6.04 Å². The number of hydrogen-bond donors (Lipinski definition) is 1. The molecule has 1 atom stereocenters. The summed E-state index contributed by atoms with van der Waals surface area (Å²) in [6.45, 7) is 4.14. The number of hydrogen-bond acceptors (Lipinski definition) is 3. The van der Waals surface area contributed by atoms with Crippen molar-refractivity contribution >= 4 is 11.3 Å². The second-order valence-corrected chi connectivity index (χ2v) is 4.82. The molecule has 3 heteroatoms. The van der Waals surface area contributed by atoms with E-state index < -0.39 is 0 Å². The van der Waals surface area contributed by atoms with Crippen molar-refractivity contribution in [1.82, 2.24) is 4.98 Å². The second kappa shape index (κ2) is 4.13. The molecule has 2 N–H and O–H groups in total. The fourth-order valence-corrected chi connectivity index (χ4v) is 2.38. The maximum atomic E-state index is 6.21. The lowest BCUT2D eigenvalue weighted by Crippen LogP contribution is -2.12. The zero-order chi connectivity index (χ0) is 10.8. The minimum atomic E-state index is -0.0297. The van der Waals surface area contributed by atoms with Crippen molar-refractivity contribution < 1.29 is 0 Å². The van der Waals surface area contributed by atoms with E-state index in [4.69, 9.17) is 5.73 Å². The summed E-state index contributed by atoms with van der Waals surface area (Å²) in [6, 6.07) is 4.11. The fourth-order valence-electron chi connectivity index (χ4n) is 1.64. The van der Waals surface area contributed by atoms with Gasteiger partial charge < -0.3 is 5.73 Å². The van der Waals surface area contributed by atoms with Gasteiger partial charge in [-0.2, -0.15) is 0 Å². The van der Waals surface area contributed by atoms with Crippen LogP contribution in [0.2, 0.25) is 0 Å². The summed E-state index contributed by atoms with van der Waals surface area (Å²) >= 11 is 1.74. The molecule has 0 amide bonds. The predicted molar refractivity (Wildman–Crippen MR) is 64.1 cm³/mol. The van der Waals surface area contributed by atoms with Crippen LogP contribution in [0.5, 0.6) is 0 Å². The van der Waals surface area contributed by atoms with Crippen LogP contribution in [0.25, 0.3) is 0 Å². The summed E-state index contributed by atoms with van der Waals surface area (Å²) in [4.78, 5) is 5.37. The van der Waals surface area contributed by atoms with Gasteiger partial charge in [-0.05, 0) is 48.1 Å². The molecule has 2 rings (SSSR count). The molecule has 2 aromatic heterocycles. The Morgan fingerprint density at radius 2 is 2.20 bits per heavy atom. The summed E-state index contributed by atoms with van der Waals surface area (Å²) in [6.07, 6.45) is 3.65. The minimum Gasteiger partial charge on any atom is -0.320 e. The number of thiophene rings is 1. The summed E-state index contributed by atoms with van der Waals surface area (Å²) in [7, 11) is 0. The summed E-state index contributed by atoms with van der Waals surface area (Å²) in [5.74, 6) is 0. The van der Waals surface area contributed by atoms with Crippen LogP contribution >= 0.6 is 11.3 Å². The Kier molecular flexibility index (Phi) is 2.84. The molecule has 1 unspecified atom stereocenters. The molecule has 0 saturated carbocycles. The molecule has 0 fully saturated rings. The maximum absolute atomic E-state index is 6.21. The molecule has 78 valence electrons. The predicted octanol–water partition coefficient (Wildman–Crippen LogP) is 2.81. The van der Waals surface area contributed by atoms with Crippen LogP contribution in [0.3, 0.4) is 0 Å². The summed E-state index contributed by atoms with van der Waals surface area (Å²) in [5, 5.41) is 2.12. The molecular weight excluding hydrogens is 204 g/mol. The number of nitrogens with two attached hydrogens (primary N) is 1. The third-order valence-corrected chi connectivity index (χ3v) is 3.39. The van der Waals surface area contributed by atoms with Crippen molar-refractivity contribution in [1.29, 1.82) is 0 Å². The van der Waals surface area contributed by atoms with Crippen LogP contribution in [-0.4, -0.2) is 4.98 Å². The highest BCUT2D eigenvalue weighted by atomic mass is 32.1. The van der Waals surface area contributed by atoms with E-state index in [2.05, 4.69) is 23.4 Å². The number of pyridine rings is 1. The van der Waals surface area contributed by atoms with Crippen molar-refractivity contribution in [2.45, 2.75) is 19.9 Å². The molecule has 2 nitrogen and oxygen atoms in total. The summed E-state index contributed by atoms with van der Waals surface area (Å²) in [5.41, 5.74) is 9.70. The number of aryl methyl sites for hydroxylation is 2. The Bertz CT molecular complexity index is 462. The fraction of sp³-hybridized carbons (Fsp3) is 0.250. The van der Waals surface area contributed by atoms with Crippen LogP contribution in [0.15, 0.2) is 29.9 Å². The van der Waals surface area contributed by atoms with Gasteiger partial charge in [-0.25, -0.2) is 0 Å². The first-order valence-electron chi connectivity index (χ1n) is 4.89. The Hall–Kier alpha value is -1.19. The van der Waals surface area contributed by atoms with Crippen molar-refractivity contribution in [2.75, 3.05) is 0 Å². The zero-order valence-corrected chi connectivity index (χ0v) is 9.71. The minimum absolute atomic E-state index is 0.0297. The standard InChI is InChI=1S/C12H14N2S/c1-8-6-14-4-3-11(8)12(13)10-5-9(2)15-7-10/h3-7,12H,13H2,1-2H3. The third-order valence-electron chi connectivity index (χ3n) is 2.51. The Morgan fingerprint density at radius 3 is 2.80 bits per heavy atom. The van der Waals surface area contributed by atoms with Gasteiger partial charge in [-0.1, -0.05) is 0 Å².